The number of aliphatic hydroxyl groups is 1. The Bertz CT molecular complexity index is 427. The number of ether oxygens (including phenoxy) is 1. The van der Waals surface area contributed by atoms with Gasteiger partial charge in [-0.1, -0.05) is 39.8 Å². The number of aliphatic hydroxyl groups excluding tert-OH is 1. The van der Waals surface area contributed by atoms with Crippen LogP contribution >= 0.6 is 0 Å². The van der Waals surface area contributed by atoms with E-state index in [0.29, 0.717) is 11.8 Å². The lowest BCUT2D eigenvalue weighted by Gasteiger charge is -2.26. The van der Waals surface area contributed by atoms with Gasteiger partial charge in [0, 0.05) is 12.6 Å². The second-order valence-corrected chi connectivity index (χ2v) is 6.65. The molecule has 1 aromatic rings. The first kappa shape index (κ1) is 18.0. The van der Waals surface area contributed by atoms with E-state index in [1.54, 1.807) is 0 Å². The molecule has 1 rings (SSSR count). The lowest BCUT2D eigenvalue weighted by Crippen LogP contribution is -2.21. The molecule has 0 heterocycles. The molecule has 0 fully saturated rings. The van der Waals surface area contributed by atoms with Crippen molar-refractivity contribution in [3.63, 3.8) is 0 Å². The normalized spacial score (nSPS) is 13.2. The predicted octanol–water partition coefficient (Wildman–Crippen LogP) is 3.83. The Morgan fingerprint density at radius 1 is 1.14 bits per heavy atom. The summed E-state index contributed by atoms with van der Waals surface area (Å²) < 4.78 is 5.95. The summed E-state index contributed by atoms with van der Waals surface area (Å²) in [5, 5.41) is 9.27. The second-order valence-electron chi connectivity index (χ2n) is 6.65. The van der Waals surface area contributed by atoms with Gasteiger partial charge in [-0.25, -0.2) is 0 Å². The van der Waals surface area contributed by atoms with Crippen molar-refractivity contribution in [1.82, 2.24) is 4.90 Å². The molecule has 0 spiro atoms. The largest absolute Gasteiger partial charge is 0.493 e. The molecule has 0 aliphatic rings. The van der Waals surface area contributed by atoms with Gasteiger partial charge in [0.1, 0.15) is 5.75 Å². The molecule has 0 aliphatic carbocycles. The van der Waals surface area contributed by atoms with Crippen LogP contribution in [0.2, 0.25) is 0 Å². The lowest BCUT2D eigenvalue weighted by molar-refractivity contribution is 0.210. The smallest absolute Gasteiger partial charge is 0.122 e. The van der Waals surface area contributed by atoms with Crippen LogP contribution in [0.5, 0.6) is 5.75 Å². The van der Waals surface area contributed by atoms with E-state index in [2.05, 4.69) is 64.9 Å². The van der Waals surface area contributed by atoms with Crippen LogP contribution < -0.4 is 4.74 Å². The van der Waals surface area contributed by atoms with Crippen molar-refractivity contribution in [2.75, 3.05) is 27.3 Å². The van der Waals surface area contributed by atoms with Crippen molar-refractivity contribution in [3.8, 4) is 5.75 Å². The molecule has 0 aromatic heterocycles. The fraction of sp³-hybridized carbons (Fsp3) is 0.667. The van der Waals surface area contributed by atoms with Gasteiger partial charge in [-0.15, -0.1) is 0 Å². The average molecular weight is 293 g/mol. The molecule has 120 valence electrons. The molecule has 21 heavy (non-hydrogen) atoms. The Hall–Kier alpha value is -1.06. The molecular weight excluding hydrogens is 262 g/mol. The monoisotopic (exact) mass is 293 g/mol. The summed E-state index contributed by atoms with van der Waals surface area (Å²) >= 11 is 0. The first-order valence-corrected chi connectivity index (χ1v) is 7.90. The Labute approximate surface area is 129 Å². The summed E-state index contributed by atoms with van der Waals surface area (Å²) in [4.78, 5) is 2.16. The standard InChI is InChI=1S/C18H31NO2/c1-13(2)12-21-18-8-7-15(11-16(18)14(3)4)17(9-10-20)19(5)6/h7-8,11,13-14,17,20H,9-10,12H2,1-6H3. The Morgan fingerprint density at radius 3 is 2.29 bits per heavy atom. The molecule has 0 bridgehead atoms. The zero-order valence-corrected chi connectivity index (χ0v) is 14.4. The topological polar surface area (TPSA) is 32.7 Å². The van der Waals surface area contributed by atoms with E-state index < -0.39 is 0 Å². The van der Waals surface area contributed by atoms with E-state index >= 15 is 0 Å². The van der Waals surface area contributed by atoms with Gasteiger partial charge >= 0.3 is 0 Å². The third kappa shape index (κ3) is 5.33. The van der Waals surface area contributed by atoms with E-state index in [9.17, 15) is 5.11 Å². The molecule has 1 atom stereocenters. The molecule has 1 unspecified atom stereocenters. The quantitative estimate of drug-likeness (QED) is 0.790. The van der Waals surface area contributed by atoms with Crippen LogP contribution in [0, 0.1) is 5.92 Å². The number of rotatable bonds is 8. The second kappa shape index (κ2) is 8.40. The molecule has 0 radical (unpaired) electrons. The van der Waals surface area contributed by atoms with Crippen LogP contribution in [0.3, 0.4) is 0 Å². The van der Waals surface area contributed by atoms with E-state index in [-0.39, 0.29) is 12.6 Å². The van der Waals surface area contributed by atoms with Crippen molar-refractivity contribution in [2.24, 2.45) is 5.92 Å². The molecule has 3 heteroatoms. The zero-order chi connectivity index (χ0) is 16.0. The lowest BCUT2D eigenvalue weighted by atomic mass is 9.95. The van der Waals surface area contributed by atoms with Crippen LogP contribution in [0.4, 0.5) is 0 Å². The highest BCUT2D eigenvalue weighted by Crippen LogP contribution is 2.32. The minimum absolute atomic E-state index is 0.200. The Balaban J connectivity index is 3.06. The molecular formula is C18H31NO2. The molecule has 0 saturated carbocycles. The summed E-state index contributed by atoms with van der Waals surface area (Å²) in [6.45, 7) is 9.65. The third-order valence-electron chi connectivity index (χ3n) is 3.64. The van der Waals surface area contributed by atoms with E-state index in [1.165, 1.54) is 11.1 Å². The van der Waals surface area contributed by atoms with Crippen molar-refractivity contribution in [1.29, 1.82) is 0 Å². The maximum absolute atomic E-state index is 9.27. The number of hydrogen-bond donors (Lipinski definition) is 1. The molecule has 1 aromatic carbocycles. The van der Waals surface area contributed by atoms with Crippen molar-refractivity contribution in [2.45, 2.75) is 46.1 Å². The van der Waals surface area contributed by atoms with Gasteiger partial charge in [-0.3, -0.25) is 0 Å². The van der Waals surface area contributed by atoms with Gasteiger partial charge in [-0.2, -0.15) is 0 Å². The van der Waals surface area contributed by atoms with Crippen LogP contribution in [0.15, 0.2) is 18.2 Å². The van der Waals surface area contributed by atoms with E-state index in [0.717, 1.165) is 18.8 Å². The zero-order valence-electron chi connectivity index (χ0n) is 14.4. The van der Waals surface area contributed by atoms with Crippen LogP contribution in [-0.4, -0.2) is 37.3 Å². The van der Waals surface area contributed by atoms with Crippen molar-refractivity contribution in [3.05, 3.63) is 29.3 Å². The first-order chi connectivity index (χ1) is 9.86. The molecule has 0 aliphatic heterocycles. The minimum atomic E-state index is 0.200. The number of hydrogen-bond acceptors (Lipinski definition) is 3. The van der Waals surface area contributed by atoms with Gasteiger partial charge < -0.3 is 14.7 Å². The van der Waals surface area contributed by atoms with Gasteiger partial charge in [0.25, 0.3) is 0 Å². The first-order valence-electron chi connectivity index (χ1n) is 7.90. The highest BCUT2D eigenvalue weighted by molar-refractivity contribution is 5.40. The summed E-state index contributed by atoms with van der Waals surface area (Å²) in [5.74, 6) is 1.93. The highest BCUT2D eigenvalue weighted by atomic mass is 16.5. The van der Waals surface area contributed by atoms with Gasteiger partial charge in [0.05, 0.1) is 6.61 Å². The summed E-state index contributed by atoms with van der Waals surface area (Å²) in [5.41, 5.74) is 2.49. The van der Waals surface area contributed by atoms with Crippen LogP contribution in [0.1, 0.15) is 57.2 Å². The van der Waals surface area contributed by atoms with Gasteiger partial charge in [0.2, 0.25) is 0 Å². The van der Waals surface area contributed by atoms with Crippen molar-refractivity contribution >= 4 is 0 Å². The predicted molar refractivity (Wildman–Crippen MR) is 89.0 cm³/mol. The number of benzene rings is 1. The SMILES string of the molecule is CC(C)COc1ccc(C(CCO)N(C)C)cc1C(C)C. The molecule has 3 nitrogen and oxygen atoms in total. The summed E-state index contributed by atoms with van der Waals surface area (Å²) in [7, 11) is 4.11. The Kier molecular flexibility index (Phi) is 7.20. The fourth-order valence-corrected chi connectivity index (χ4v) is 2.46. The van der Waals surface area contributed by atoms with E-state index in [4.69, 9.17) is 4.74 Å². The fourth-order valence-electron chi connectivity index (χ4n) is 2.46. The van der Waals surface area contributed by atoms with Crippen molar-refractivity contribution < 1.29 is 9.84 Å². The van der Waals surface area contributed by atoms with Crippen LogP contribution in [-0.2, 0) is 0 Å². The molecule has 0 amide bonds. The van der Waals surface area contributed by atoms with Gasteiger partial charge in [0.15, 0.2) is 0 Å². The maximum atomic E-state index is 9.27. The third-order valence-corrected chi connectivity index (χ3v) is 3.64. The number of nitrogens with zero attached hydrogens (tertiary/aromatic N) is 1. The minimum Gasteiger partial charge on any atom is -0.493 e. The highest BCUT2D eigenvalue weighted by Gasteiger charge is 2.17. The summed E-state index contributed by atoms with van der Waals surface area (Å²) in [6.07, 6.45) is 0.747. The maximum Gasteiger partial charge on any atom is 0.122 e. The average Bonchev–Trinajstić information content (AvgIpc) is 2.42. The summed E-state index contributed by atoms with van der Waals surface area (Å²) in [6, 6.07) is 6.69. The van der Waals surface area contributed by atoms with Crippen LogP contribution in [0.25, 0.3) is 0 Å². The van der Waals surface area contributed by atoms with Gasteiger partial charge in [-0.05, 0) is 49.5 Å². The molecule has 0 saturated heterocycles. The molecule has 1 N–H and O–H groups in total. The Morgan fingerprint density at radius 2 is 1.81 bits per heavy atom. The van der Waals surface area contributed by atoms with E-state index in [1.807, 2.05) is 0 Å².